The number of thiophene rings is 1. The zero-order valence-corrected chi connectivity index (χ0v) is 14.8. The van der Waals surface area contributed by atoms with Crippen molar-refractivity contribution in [2.75, 3.05) is 11.4 Å². The van der Waals surface area contributed by atoms with Gasteiger partial charge >= 0.3 is 6.18 Å². The van der Waals surface area contributed by atoms with E-state index in [9.17, 15) is 18.0 Å². The number of hydrogen-bond acceptors (Lipinski definition) is 5. The molecule has 27 heavy (non-hydrogen) atoms. The highest BCUT2D eigenvalue weighted by Gasteiger charge is 2.36. The quantitative estimate of drug-likeness (QED) is 0.665. The van der Waals surface area contributed by atoms with Gasteiger partial charge in [0.05, 0.1) is 12.0 Å². The van der Waals surface area contributed by atoms with Crippen molar-refractivity contribution in [3.8, 4) is 0 Å². The van der Waals surface area contributed by atoms with Gasteiger partial charge in [0.1, 0.15) is 0 Å². The Hall–Kier alpha value is -2.68. The molecule has 9 heteroatoms. The molecule has 4 rings (SSSR count). The van der Waals surface area contributed by atoms with Gasteiger partial charge in [-0.1, -0.05) is 17.3 Å². The number of hydrogen-bond donors (Lipinski definition) is 0. The SMILES string of the molecule is O=C1CC(c2noc(Cc3cccs3)n2)CN1c1cccc(C(F)(F)F)c1. The van der Waals surface area contributed by atoms with Crippen molar-refractivity contribution in [1.82, 2.24) is 10.1 Å². The molecule has 0 radical (unpaired) electrons. The monoisotopic (exact) mass is 393 g/mol. The van der Waals surface area contributed by atoms with Crippen LogP contribution < -0.4 is 4.90 Å². The third-order valence-electron chi connectivity index (χ3n) is 4.36. The number of aromatic nitrogens is 2. The Morgan fingerprint density at radius 1 is 1.26 bits per heavy atom. The Balaban J connectivity index is 1.50. The van der Waals surface area contributed by atoms with Crippen LogP contribution in [0.5, 0.6) is 0 Å². The van der Waals surface area contributed by atoms with Crippen LogP contribution in [0, 0.1) is 0 Å². The van der Waals surface area contributed by atoms with Crippen molar-refractivity contribution in [3.63, 3.8) is 0 Å². The van der Waals surface area contributed by atoms with Gasteiger partial charge in [-0.05, 0) is 29.6 Å². The highest BCUT2D eigenvalue weighted by atomic mass is 32.1. The van der Waals surface area contributed by atoms with Gasteiger partial charge in [-0.2, -0.15) is 18.2 Å². The van der Waals surface area contributed by atoms with Gasteiger partial charge in [-0.25, -0.2) is 0 Å². The molecule has 1 aliphatic rings. The minimum absolute atomic E-state index is 0.133. The normalized spacial score (nSPS) is 17.7. The van der Waals surface area contributed by atoms with E-state index in [2.05, 4.69) is 10.1 Å². The lowest BCUT2D eigenvalue weighted by atomic mass is 10.1. The Kier molecular flexibility index (Phi) is 4.47. The standard InChI is InChI=1S/C18H14F3N3O2S/c19-18(20,21)12-3-1-4-13(8-12)24-10-11(7-16(24)25)17-22-15(26-23-17)9-14-5-2-6-27-14/h1-6,8,11H,7,9-10H2. The molecule has 1 saturated heterocycles. The van der Waals surface area contributed by atoms with Crippen LogP contribution >= 0.6 is 11.3 Å². The molecule has 0 spiro atoms. The fourth-order valence-corrected chi connectivity index (χ4v) is 3.74. The van der Waals surface area contributed by atoms with Gasteiger partial charge in [0.2, 0.25) is 11.8 Å². The van der Waals surface area contributed by atoms with E-state index >= 15 is 0 Å². The second-order valence-electron chi connectivity index (χ2n) is 6.26. The van der Waals surface area contributed by atoms with Crippen molar-refractivity contribution in [1.29, 1.82) is 0 Å². The molecule has 0 N–H and O–H groups in total. The lowest BCUT2D eigenvalue weighted by Gasteiger charge is -2.18. The van der Waals surface area contributed by atoms with Gasteiger partial charge in [0.25, 0.3) is 0 Å². The summed E-state index contributed by atoms with van der Waals surface area (Å²) in [6.45, 7) is 0.220. The number of carbonyl (C=O) groups is 1. The van der Waals surface area contributed by atoms with Gasteiger partial charge in [-0.15, -0.1) is 11.3 Å². The average Bonchev–Trinajstić information content (AvgIpc) is 3.36. The molecule has 0 bridgehead atoms. The number of amides is 1. The maximum absolute atomic E-state index is 12.9. The van der Waals surface area contributed by atoms with Gasteiger partial charge in [0.15, 0.2) is 5.82 Å². The molecule has 1 unspecified atom stereocenters. The first-order valence-electron chi connectivity index (χ1n) is 8.22. The molecule has 5 nitrogen and oxygen atoms in total. The first-order valence-corrected chi connectivity index (χ1v) is 9.10. The van der Waals surface area contributed by atoms with Gasteiger partial charge in [0, 0.05) is 29.4 Å². The van der Waals surface area contributed by atoms with Crippen LogP contribution in [0.15, 0.2) is 46.3 Å². The van der Waals surface area contributed by atoms with E-state index in [0.717, 1.165) is 17.0 Å². The topological polar surface area (TPSA) is 59.2 Å². The lowest BCUT2D eigenvalue weighted by molar-refractivity contribution is -0.137. The number of benzene rings is 1. The number of carbonyl (C=O) groups excluding carboxylic acids is 1. The zero-order valence-electron chi connectivity index (χ0n) is 13.9. The fraction of sp³-hybridized carbons (Fsp3) is 0.278. The van der Waals surface area contributed by atoms with Crippen LogP contribution in [-0.2, 0) is 17.4 Å². The summed E-state index contributed by atoms with van der Waals surface area (Å²) in [4.78, 5) is 19.1. The summed E-state index contributed by atoms with van der Waals surface area (Å²) in [5.41, 5.74) is -0.561. The Labute approximate surface area is 156 Å². The van der Waals surface area contributed by atoms with Crippen LogP contribution in [0.4, 0.5) is 18.9 Å². The molecule has 1 amide bonds. The van der Waals surface area contributed by atoms with Crippen LogP contribution in [0.25, 0.3) is 0 Å². The summed E-state index contributed by atoms with van der Waals surface area (Å²) in [6.07, 6.45) is -3.81. The predicted octanol–water partition coefficient (Wildman–Crippen LogP) is 4.26. The van der Waals surface area contributed by atoms with E-state index in [-0.39, 0.29) is 30.5 Å². The second kappa shape index (κ2) is 6.80. The lowest BCUT2D eigenvalue weighted by Crippen LogP contribution is -2.24. The molecular formula is C18H14F3N3O2S. The van der Waals surface area contributed by atoms with E-state index in [0.29, 0.717) is 18.1 Å². The van der Waals surface area contributed by atoms with Gasteiger partial charge in [-0.3, -0.25) is 4.79 Å². The van der Waals surface area contributed by atoms with E-state index in [1.165, 1.54) is 17.0 Å². The molecule has 3 heterocycles. The molecule has 0 saturated carbocycles. The minimum Gasteiger partial charge on any atom is -0.339 e. The van der Waals surface area contributed by atoms with Crippen molar-refractivity contribution >= 4 is 22.9 Å². The number of rotatable bonds is 4. The van der Waals surface area contributed by atoms with Crippen molar-refractivity contribution in [3.05, 3.63) is 63.9 Å². The maximum Gasteiger partial charge on any atom is 0.416 e. The summed E-state index contributed by atoms with van der Waals surface area (Å²) in [5.74, 6) is 0.290. The van der Waals surface area contributed by atoms with Crippen LogP contribution in [0.2, 0.25) is 0 Å². The summed E-state index contributed by atoms with van der Waals surface area (Å²) >= 11 is 1.58. The van der Waals surface area contributed by atoms with Crippen LogP contribution in [0.1, 0.15) is 34.5 Å². The summed E-state index contributed by atoms with van der Waals surface area (Å²) in [6, 6.07) is 8.65. The van der Waals surface area contributed by atoms with Crippen LogP contribution in [-0.4, -0.2) is 22.6 Å². The van der Waals surface area contributed by atoms with E-state index in [1.54, 1.807) is 11.3 Å². The number of nitrogens with zero attached hydrogens (tertiary/aromatic N) is 3. The largest absolute Gasteiger partial charge is 0.416 e. The molecule has 0 aliphatic carbocycles. The zero-order chi connectivity index (χ0) is 19.0. The van der Waals surface area contributed by atoms with Gasteiger partial charge < -0.3 is 9.42 Å². The summed E-state index contributed by atoms with van der Waals surface area (Å²) in [5, 5.41) is 5.91. The molecule has 2 aromatic heterocycles. The molecule has 3 aromatic rings. The third-order valence-corrected chi connectivity index (χ3v) is 5.24. The van der Waals surface area contributed by atoms with Crippen LogP contribution in [0.3, 0.4) is 0 Å². The first kappa shape index (κ1) is 17.7. The molecule has 140 valence electrons. The van der Waals surface area contributed by atoms with Crippen molar-refractivity contribution < 1.29 is 22.5 Å². The maximum atomic E-state index is 12.9. The first-order chi connectivity index (χ1) is 12.9. The fourth-order valence-electron chi connectivity index (χ4n) is 3.05. The van der Waals surface area contributed by atoms with E-state index < -0.39 is 11.7 Å². The smallest absolute Gasteiger partial charge is 0.339 e. The Morgan fingerprint density at radius 3 is 2.85 bits per heavy atom. The minimum atomic E-state index is -4.46. The van der Waals surface area contributed by atoms with E-state index in [4.69, 9.17) is 4.52 Å². The number of halogens is 3. The van der Waals surface area contributed by atoms with Crippen molar-refractivity contribution in [2.24, 2.45) is 0 Å². The summed E-state index contributed by atoms with van der Waals surface area (Å²) in [7, 11) is 0. The molecular weight excluding hydrogens is 379 g/mol. The molecule has 1 fully saturated rings. The number of anilines is 1. The second-order valence-corrected chi connectivity index (χ2v) is 7.29. The highest BCUT2D eigenvalue weighted by Crippen LogP contribution is 2.35. The average molecular weight is 393 g/mol. The molecule has 1 aliphatic heterocycles. The third kappa shape index (κ3) is 3.73. The highest BCUT2D eigenvalue weighted by molar-refractivity contribution is 7.09. The van der Waals surface area contributed by atoms with Crippen molar-refractivity contribution in [2.45, 2.75) is 24.9 Å². The molecule has 1 aromatic carbocycles. The van der Waals surface area contributed by atoms with E-state index in [1.807, 2.05) is 17.5 Å². The Morgan fingerprint density at radius 2 is 2.11 bits per heavy atom. The predicted molar refractivity (Wildman–Crippen MR) is 92.6 cm³/mol. The summed E-state index contributed by atoms with van der Waals surface area (Å²) < 4.78 is 44.0. The molecule has 1 atom stereocenters. The number of alkyl halides is 3. The Bertz CT molecular complexity index is 953.